The molecule has 9 nitrogen and oxygen atoms in total. The Bertz CT molecular complexity index is 995. The van der Waals surface area contributed by atoms with E-state index in [-0.39, 0.29) is 23.3 Å². The molecule has 0 radical (unpaired) electrons. The molecule has 0 aliphatic heterocycles. The van der Waals surface area contributed by atoms with Crippen LogP contribution in [-0.4, -0.2) is 30.8 Å². The molecule has 29 heavy (non-hydrogen) atoms. The van der Waals surface area contributed by atoms with E-state index < -0.39 is 0 Å². The summed E-state index contributed by atoms with van der Waals surface area (Å²) in [6.45, 7) is 3.97. The Kier molecular flexibility index (Phi) is 8.19. The number of nitriles is 1. The minimum atomic E-state index is -0.352. The van der Waals surface area contributed by atoms with Crippen molar-refractivity contribution in [3.8, 4) is 6.07 Å². The molecule has 0 saturated carbocycles. The van der Waals surface area contributed by atoms with Gasteiger partial charge in [-0.25, -0.2) is 9.78 Å². The summed E-state index contributed by atoms with van der Waals surface area (Å²) < 4.78 is 9.57. The van der Waals surface area contributed by atoms with Crippen molar-refractivity contribution in [1.29, 1.82) is 5.26 Å². The Hall–Kier alpha value is -2.89. The van der Waals surface area contributed by atoms with Crippen LogP contribution < -0.4 is 11.2 Å². The predicted molar refractivity (Wildman–Crippen MR) is 108 cm³/mol. The van der Waals surface area contributed by atoms with Crippen LogP contribution in [0.2, 0.25) is 0 Å². The topological polar surface area (TPSA) is 112 Å². The van der Waals surface area contributed by atoms with E-state index >= 15 is 0 Å². The third-order valence-electron chi connectivity index (χ3n) is 4.86. The molecule has 0 aromatic carbocycles. The van der Waals surface area contributed by atoms with E-state index in [1.54, 1.807) is 22.5 Å². The normalized spacial score (nSPS) is 12.1. The van der Waals surface area contributed by atoms with Crippen LogP contribution in [0.3, 0.4) is 0 Å². The van der Waals surface area contributed by atoms with Crippen LogP contribution in [0.5, 0.6) is 0 Å². The first-order valence-corrected chi connectivity index (χ1v) is 10.1. The molecule has 0 spiro atoms. The number of imidazole rings is 1. The molecule has 2 aromatic rings. The fourth-order valence-electron chi connectivity index (χ4n) is 3.41. The number of fused-ring (bicyclic) bond motifs is 1. The van der Waals surface area contributed by atoms with Crippen molar-refractivity contribution >= 4 is 17.1 Å². The van der Waals surface area contributed by atoms with Gasteiger partial charge >= 0.3 is 11.7 Å². The Morgan fingerprint density at radius 1 is 1.17 bits per heavy atom. The quantitative estimate of drug-likeness (QED) is 0.419. The predicted octanol–water partition coefficient (Wildman–Crippen LogP) is 2.10. The highest BCUT2D eigenvalue weighted by molar-refractivity contribution is 5.69. The van der Waals surface area contributed by atoms with E-state index in [1.807, 2.05) is 6.92 Å². The summed E-state index contributed by atoms with van der Waals surface area (Å²) in [7, 11) is 1.74. The van der Waals surface area contributed by atoms with Crippen molar-refractivity contribution < 1.29 is 9.53 Å². The van der Waals surface area contributed by atoms with E-state index in [0.717, 1.165) is 25.7 Å². The van der Waals surface area contributed by atoms with Crippen molar-refractivity contribution in [3.63, 3.8) is 0 Å². The van der Waals surface area contributed by atoms with Gasteiger partial charge in [0, 0.05) is 33.5 Å². The molecule has 0 fully saturated rings. The molecule has 0 aliphatic carbocycles. The van der Waals surface area contributed by atoms with Gasteiger partial charge in [0.15, 0.2) is 11.2 Å². The number of aromatic nitrogens is 4. The molecule has 0 unspecified atom stereocenters. The second-order valence-corrected chi connectivity index (χ2v) is 7.30. The summed E-state index contributed by atoms with van der Waals surface area (Å²) in [6.07, 6.45) is 6.26. The second-order valence-electron chi connectivity index (χ2n) is 7.30. The summed E-state index contributed by atoms with van der Waals surface area (Å²) in [5.74, 6) is -0.312. The van der Waals surface area contributed by atoms with Crippen LogP contribution in [0.4, 0.5) is 0 Å². The Morgan fingerprint density at radius 2 is 1.86 bits per heavy atom. The molecule has 0 amide bonds. The van der Waals surface area contributed by atoms with Gasteiger partial charge in [0.1, 0.15) is 0 Å². The van der Waals surface area contributed by atoms with Gasteiger partial charge in [-0.05, 0) is 39.0 Å². The zero-order chi connectivity index (χ0) is 21.4. The molecule has 0 N–H and O–H groups in total. The number of esters is 1. The van der Waals surface area contributed by atoms with Gasteiger partial charge in [-0.2, -0.15) is 5.26 Å². The fraction of sp³-hybridized carbons (Fsp3) is 0.650. The van der Waals surface area contributed by atoms with E-state index in [0.29, 0.717) is 43.5 Å². The van der Waals surface area contributed by atoms with E-state index in [2.05, 4.69) is 11.1 Å². The standard InChI is InChI=1S/C20H29N5O4/c1-15(29-16(2)26)10-6-9-13-25-19(27)17-18(22-14-23(17)3)24(20(25)28)12-8-5-4-7-11-21/h14-15H,4-10,12-13H2,1-3H3/t15-/m1/s1. The van der Waals surface area contributed by atoms with Gasteiger partial charge in [0.05, 0.1) is 18.5 Å². The van der Waals surface area contributed by atoms with Gasteiger partial charge in [-0.1, -0.05) is 6.42 Å². The third kappa shape index (κ3) is 5.79. The SMILES string of the molecule is CC(=O)O[C@H](C)CCCCn1c(=O)c2c(ncn2C)n(CCCCCC#N)c1=O. The van der Waals surface area contributed by atoms with Crippen molar-refractivity contribution in [1.82, 2.24) is 18.7 Å². The number of hydrogen-bond acceptors (Lipinski definition) is 6. The molecule has 0 aliphatic rings. The first-order chi connectivity index (χ1) is 13.9. The first-order valence-electron chi connectivity index (χ1n) is 10.1. The monoisotopic (exact) mass is 403 g/mol. The second kappa shape index (κ2) is 10.6. The molecule has 0 bridgehead atoms. The highest BCUT2D eigenvalue weighted by atomic mass is 16.5. The molecular weight excluding hydrogens is 374 g/mol. The van der Waals surface area contributed by atoms with E-state index in [1.165, 1.54) is 11.5 Å². The number of aryl methyl sites for hydroxylation is 2. The largest absolute Gasteiger partial charge is 0.463 e. The fourth-order valence-corrected chi connectivity index (χ4v) is 3.41. The van der Waals surface area contributed by atoms with Gasteiger partial charge in [-0.3, -0.25) is 18.7 Å². The van der Waals surface area contributed by atoms with Crippen molar-refractivity contribution in [2.24, 2.45) is 7.05 Å². The lowest BCUT2D eigenvalue weighted by atomic mass is 10.1. The highest BCUT2D eigenvalue weighted by Gasteiger charge is 2.16. The third-order valence-corrected chi connectivity index (χ3v) is 4.86. The maximum atomic E-state index is 13.0. The maximum Gasteiger partial charge on any atom is 0.332 e. The zero-order valence-electron chi connectivity index (χ0n) is 17.4. The number of hydrogen-bond donors (Lipinski definition) is 0. The van der Waals surface area contributed by atoms with Crippen LogP contribution in [0.15, 0.2) is 15.9 Å². The molecular formula is C20H29N5O4. The lowest BCUT2D eigenvalue weighted by Crippen LogP contribution is -2.40. The van der Waals surface area contributed by atoms with Crippen LogP contribution in [0.1, 0.15) is 58.8 Å². The van der Waals surface area contributed by atoms with Gasteiger partial charge < -0.3 is 9.30 Å². The molecule has 2 aromatic heterocycles. The van der Waals surface area contributed by atoms with Crippen LogP contribution in [0, 0.1) is 11.3 Å². The number of rotatable bonds is 11. The lowest BCUT2D eigenvalue weighted by Gasteiger charge is -2.13. The Balaban J connectivity index is 2.16. The van der Waals surface area contributed by atoms with E-state index in [4.69, 9.17) is 10.00 Å². The van der Waals surface area contributed by atoms with Crippen molar-refractivity contribution in [2.45, 2.75) is 78.0 Å². The summed E-state index contributed by atoms with van der Waals surface area (Å²) in [5.41, 5.74) is 0.130. The van der Waals surface area contributed by atoms with Crippen LogP contribution >= 0.6 is 0 Å². The first kappa shape index (κ1) is 22.4. The summed E-state index contributed by atoms with van der Waals surface area (Å²) in [4.78, 5) is 41.0. The molecule has 9 heteroatoms. The average molecular weight is 403 g/mol. The minimum absolute atomic E-state index is 0.186. The Morgan fingerprint density at radius 3 is 2.55 bits per heavy atom. The Labute approximate surface area is 169 Å². The van der Waals surface area contributed by atoms with Crippen molar-refractivity contribution in [3.05, 3.63) is 27.2 Å². The summed E-state index contributed by atoms with van der Waals surface area (Å²) >= 11 is 0. The number of nitrogens with zero attached hydrogens (tertiary/aromatic N) is 5. The smallest absolute Gasteiger partial charge is 0.332 e. The molecule has 1 atom stereocenters. The molecule has 0 saturated heterocycles. The molecule has 2 rings (SSSR count). The minimum Gasteiger partial charge on any atom is -0.463 e. The highest BCUT2D eigenvalue weighted by Crippen LogP contribution is 2.09. The van der Waals surface area contributed by atoms with Crippen LogP contribution in [-0.2, 0) is 29.7 Å². The number of carbonyl (C=O) groups excluding carboxylic acids is 1. The van der Waals surface area contributed by atoms with Gasteiger partial charge in [-0.15, -0.1) is 0 Å². The lowest BCUT2D eigenvalue weighted by molar-refractivity contribution is -0.145. The number of carbonyl (C=O) groups is 1. The summed E-state index contributed by atoms with van der Waals surface area (Å²) in [5, 5.41) is 8.64. The average Bonchev–Trinajstić information content (AvgIpc) is 3.04. The van der Waals surface area contributed by atoms with Crippen molar-refractivity contribution in [2.75, 3.05) is 0 Å². The maximum absolute atomic E-state index is 13.0. The van der Waals surface area contributed by atoms with Gasteiger partial charge in [0.25, 0.3) is 5.56 Å². The van der Waals surface area contributed by atoms with E-state index in [9.17, 15) is 14.4 Å². The number of ether oxygens (including phenoxy) is 1. The summed E-state index contributed by atoms with van der Waals surface area (Å²) in [6, 6.07) is 2.12. The zero-order valence-corrected chi connectivity index (χ0v) is 17.4. The van der Waals surface area contributed by atoms with Gasteiger partial charge in [0.2, 0.25) is 0 Å². The molecule has 2 heterocycles. The molecule has 158 valence electrons. The van der Waals surface area contributed by atoms with Crippen LogP contribution in [0.25, 0.3) is 11.2 Å². The number of unbranched alkanes of at least 4 members (excludes halogenated alkanes) is 4.